The van der Waals surface area contributed by atoms with E-state index >= 15 is 0 Å². The number of Topliss-reactive ketones (excluding diaryl/α,β-unsaturated/α-hetero) is 2. The number of benzene rings is 2. The third-order valence-corrected chi connectivity index (χ3v) is 6.99. The molecular formula is C26H31FO2. The van der Waals surface area contributed by atoms with Gasteiger partial charge in [-0.1, -0.05) is 57.5 Å². The molecule has 29 heavy (non-hydrogen) atoms. The average molecular weight is 395 g/mol. The van der Waals surface area contributed by atoms with Crippen molar-refractivity contribution in [3.63, 3.8) is 0 Å². The second-order valence-corrected chi connectivity index (χ2v) is 9.04. The lowest BCUT2D eigenvalue weighted by Gasteiger charge is -2.41. The minimum atomic E-state index is -0.353. The predicted molar refractivity (Wildman–Crippen MR) is 114 cm³/mol. The highest BCUT2D eigenvalue weighted by atomic mass is 19.1. The van der Waals surface area contributed by atoms with Gasteiger partial charge >= 0.3 is 0 Å². The third-order valence-electron chi connectivity index (χ3n) is 6.99. The van der Waals surface area contributed by atoms with Crippen molar-refractivity contribution >= 4 is 11.6 Å². The maximum Gasteiger partial charge on any atom is 0.163 e. The monoisotopic (exact) mass is 394 g/mol. The first kappa shape index (κ1) is 21.4. The van der Waals surface area contributed by atoms with Crippen LogP contribution in [0.2, 0.25) is 0 Å². The van der Waals surface area contributed by atoms with Crippen LogP contribution < -0.4 is 0 Å². The first-order chi connectivity index (χ1) is 13.8. The van der Waals surface area contributed by atoms with E-state index in [1.807, 2.05) is 30.3 Å². The molecule has 0 aliphatic heterocycles. The van der Waals surface area contributed by atoms with Crippen LogP contribution >= 0.6 is 0 Å². The maximum absolute atomic E-state index is 13.3. The third kappa shape index (κ3) is 5.01. The second kappa shape index (κ2) is 9.02. The van der Waals surface area contributed by atoms with Gasteiger partial charge in [-0.3, -0.25) is 9.59 Å². The van der Waals surface area contributed by atoms with Gasteiger partial charge in [0.2, 0.25) is 0 Å². The Kier molecular flexibility index (Phi) is 6.66. The summed E-state index contributed by atoms with van der Waals surface area (Å²) in [4.78, 5) is 26.0. The van der Waals surface area contributed by atoms with Crippen LogP contribution in [0.5, 0.6) is 0 Å². The zero-order valence-corrected chi connectivity index (χ0v) is 17.7. The molecule has 0 heterocycles. The lowest BCUT2D eigenvalue weighted by atomic mass is 9.63. The molecule has 0 saturated heterocycles. The van der Waals surface area contributed by atoms with Crippen LogP contribution in [0.25, 0.3) is 0 Å². The van der Waals surface area contributed by atoms with E-state index in [0.29, 0.717) is 17.9 Å². The fourth-order valence-corrected chi connectivity index (χ4v) is 4.59. The molecule has 0 radical (unpaired) electrons. The average Bonchev–Trinajstić information content (AvgIpc) is 2.73. The van der Waals surface area contributed by atoms with Crippen LogP contribution in [0.3, 0.4) is 0 Å². The fourth-order valence-electron chi connectivity index (χ4n) is 4.59. The first-order valence-electron chi connectivity index (χ1n) is 10.7. The lowest BCUT2D eigenvalue weighted by molar-refractivity contribution is -0.127. The molecule has 2 aromatic rings. The molecule has 0 N–H and O–H groups in total. The molecule has 0 bridgehead atoms. The molecule has 3 rings (SSSR count). The number of carbonyl (C=O) groups is 2. The molecule has 1 saturated carbocycles. The molecule has 3 heteroatoms. The van der Waals surface area contributed by atoms with E-state index in [4.69, 9.17) is 0 Å². The van der Waals surface area contributed by atoms with Gasteiger partial charge in [0, 0.05) is 30.2 Å². The second-order valence-electron chi connectivity index (χ2n) is 9.04. The zero-order valence-electron chi connectivity index (χ0n) is 17.7. The van der Waals surface area contributed by atoms with Crippen LogP contribution in [0.1, 0.15) is 74.7 Å². The Hall–Kier alpha value is -2.29. The van der Waals surface area contributed by atoms with E-state index in [9.17, 15) is 14.0 Å². The summed E-state index contributed by atoms with van der Waals surface area (Å²) in [6.45, 7) is 6.77. The summed E-state index contributed by atoms with van der Waals surface area (Å²) in [7, 11) is 0. The molecule has 1 fully saturated rings. The Morgan fingerprint density at radius 1 is 1.10 bits per heavy atom. The van der Waals surface area contributed by atoms with Gasteiger partial charge in [0.25, 0.3) is 0 Å². The number of rotatable bonds is 7. The van der Waals surface area contributed by atoms with E-state index in [2.05, 4.69) is 20.8 Å². The zero-order chi connectivity index (χ0) is 21.0. The summed E-state index contributed by atoms with van der Waals surface area (Å²) < 4.78 is 13.3. The highest BCUT2D eigenvalue weighted by Crippen LogP contribution is 2.46. The van der Waals surface area contributed by atoms with Gasteiger partial charge in [-0.05, 0) is 54.0 Å². The van der Waals surface area contributed by atoms with Crippen molar-refractivity contribution in [2.75, 3.05) is 0 Å². The van der Waals surface area contributed by atoms with E-state index in [-0.39, 0.29) is 41.1 Å². The van der Waals surface area contributed by atoms with Crippen molar-refractivity contribution in [1.29, 1.82) is 0 Å². The molecule has 3 atom stereocenters. The van der Waals surface area contributed by atoms with Gasteiger partial charge in [-0.25, -0.2) is 4.39 Å². The van der Waals surface area contributed by atoms with Crippen molar-refractivity contribution in [3.05, 3.63) is 71.5 Å². The fraction of sp³-hybridized carbons (Fsp3) is 0.462. The minimum absolute atomic E-state index is 0.0384. The summed E-state index contributed by atoms with van der Waals surface area (Å²) >= 11 is 0. The van der Waals surface area contributed by atoms with Crippen LogP contribution in [0.4, 0.5) is 4.39 Å². The van der Waals surface area contributed by atoms with Gasteiger partial charge in [0.15, 0.2) is 5.78 Å². The van der Waals surface area contributed by atoms with Crippen molar-refractivity contribution in [3.8, 4) is 0 Å². The Labute approximate surface area is 173 Å². The minimum Gasteiger partial charge on any atom is -0.299 e. The first-order valence-corrected chi connectivity index (χ1v) is 10.7. The molecule has 1 aliphatic carbocycles. The SMILES string of the molecule is CCC(C)(C)C1CCC(=O)C(C(CC(=O)c2ccc(F)cc2)c2ccccc2)C1. The highest BCUT2D eigenvalue weighted by Gasteiger charge is 2.40. The van der Waals surface area contributed by atoms with Gasteiger partial charge in [0.05, 0.1) is 0 Å². The number of halogens is 1. The number of hydrogen-bond acceptors (Lipinski definition) is 2. The van der Waals surface area contributed by atoms with E-state index < -0.39 is 0 Å². The maximum atomic E-state index is 13.3. The normalized spacial score (nSPS) is 21.0. The summed E-state index contributed by atoms with van der Waals surface area (Å²) in [5.41, 5.74) is 1.72. The number of carbonyl (C=O) groups excluding carboxylic acids is 2. The van der Waals surface area contributed by atoms with E-state index in [1.54, 1.807) is 0 Å². The van der Waals surface area contributed by atoms with Gasteiger partial charge in [-0.15, -0.1) is 0 Å². The molecule has 3 unspecified atom stereocenters. The van der Waals surface area contributed by atoms with Gasteiger partial charge in [0.1, 0.15) is 11.6 Å². The van der Waals surface area contributed by atoms with Gasteiger partial charge in [-0.2, -0.15) is 0 Å². The largest absolute Gasteiger partial charge is 0.299 e. The molecule has 2 nitrogen and oxygen atoms in total. The number of hydrogen-bond donors (Lipinski definition) is 0. The Morgan fingerprint density at radius 2 is 1.76 bits per heavy atom. The van der Waals surface area contributed by atoms with Crippen molar-refractivity contribution in [2.45, 2.75) is 58.8 Å². The van der Waals surface area contributed by atoms with Crippen LogP contribution in [-0.2, 0) is 4.79 Å². The summed E-state index contributed by atoms with van der Waals surface area (Å²) in [5.74, 6) is 0.0658. The molecule has 154 valence electrons. The molecule has 0 amide bonds. The number of ketones is 2. The van der Waals surface area contributed by atoms with Crippen molar-refractivity contribution in [2.24, 2.45) is 17.3 Å². The molecular weight excluding hydrogens is 363 g/mol. The topological polar surface area (TPSA) is 34.1 Å². The quantitative estimate of drug-likeness (QED) is 0.496. The predicted octanol–water partition coefficient (Wildman–Crippen LogP) is 6.60. The van der Waals surface area contributed by atoms with Crippen LogP contribution in [0.15, 0.2) is 54.6 Å². The van der Waals surface area contributed by atoms with Crippen LogP contribution in [-0.4, -0.2) is 11.6 Å². The van der Waals surface area contributed by atoms with Crippen molar-refractivity contribution < 1.29 is 14.0 Å². The summed E-state index contributed by atoms with van der Waals surface area (Å²) in [6, 6.07) is 15.6. The van der Waals surface area contributed by atoms with Gasteiger partial charge < -0.3 is 0 Å². The summed E-state index contributed by atoms with van der Waals surface area (Å²) in [5, 5.41) is 0. The summed E-state index contributed by atoms with van der Waals surface area (Å²) in [6.07, 6.45) is 3.70. The Balaban J connectivity index is 1.89. The van der Waals surface area contributed by atoms with Crippen molar-refractivity contribution in [1.82, 2.24) is 0 Å². The smallest absolute Gasteiger partial charge is 0.163 e. The van der Waals surface area contributed by atoms with Crippen LogP contribution in [0, 0.1) is 23.1 Å². The molecule has 0 aromatic heterocycles. The van der Waals surface area contributed by atoms with E-state index in [0.717, 1.165) is 24.8 Å². The Morgan fingerprint density at radius 3 is 2.38 bits per heavy atom. The Bertz CT molecular complexity index is 839. The standard InChI is InChI=1S/C26H31FO2/c1-4-26(2,3)20-12-15-24(28)23(16-20)22(18-8-6-5-7-9-18)17-25(29)19-10-13-21(27)14-11-19/h5-11,13-14,20,22-23H,4,12,15-17H2,1-3H3. The molecule has 1 aliphatic rings. The highest BCUT2D eigenvalue weighted by molar-refractivity contribution is 5.97. The molecule has 0 spiro atoms. The molecule has 2 aromatic carbocycles. The lowest BCUT2D eigenvalue weighted by Crippen LogP contribution is -2.36. The van der Waals surface area contributed by atoms with E-state index in [1.165, 1.54) is 24.3 Å².